The monoisotopic (exact) mass is 132 g/mol. The molecule has 0 fully saturated rings. The van der Waals surface area contributed by atoms with Gasteiger partial charge in [-0.25, -0.2) is 0 Å². The average molecular weight is 132 g/mol. The summed E-state index contributed by atoms with van der Waals surface area (Å²) in [7, 11) is 0.751. The summed E-state index contributed by atoms with van der Waals surface area (Å²) in [5, 5.41) is 1.35. The van der Waals surface area contributed by atoms with E-state index in [1.807, 2.05) is 23.9 Å². The Labute approximate surface area is 58.0 Å². The van der Waals surface area contributed by atoms with E-state index in [9.17, 15) is 0 Å². The SMILES string of the molecule is C=C[Si]c1ccccc1. The van der Waals surface area contributed by atoms with Crippen LogP contribution < -0.4 is 5.19 Å². The van der Waals surface area contributed by atoms with Gasteiger partial charge in [0.05, 0.1) is 0 Å². The Kier molecular flexibility index (Phi) is 2.28. The van der Waals surface area contributed by atoms with Crippen LogP contribution >= 0.6 is 0 Å². The Bertz CT molecular complexity index is 179. The lowest BCUT2D eigenvalue weighted by Crippen LogP contribution is -2.09. The fraction of sp³-hybridized carbons (Fsp3) is 0. The number of benzene rings is 1. The van der Waals surface area contributed by atoms with Crippen molar-refractivity contribution in [1.82, 2.24) is 0 Å². The molecule has 1 rings (SSSR count). The molecule has 1 aromatic carbocycles. The molecule has 1 aromatic rings. The maximum atomic E-state index is 3.67. The van der Waals surface area contributed by atoms with Gasteiger partial charge in [0.2, 0.25) is 0 Å². The summed E-state index contributed by atoms with van der Waals surface area (Å²) < 4.78 is 0. The van der Waals surface area contributed by atoms with E-state index in [0.717, 1.165) is 9.52 Å². The molecule has 0 amide bonds. The second kappa shape index (κ2) is 3.25. The Morgan fingerprint density at radius 3 is 2.44 bits per heavy atom. The molecule has 44 valence electrons. The van der Waals surface area contributed by atoms with Crippen molar-refractivity contribution < 1.29 is 0 Å². The van der Waals surface area contributed by atoms with Crippen molar-refractivity contribution in [2.45, 2.75) is 0 Å². The third-order valence-electron chi connectivity index (χ3n) is 1.04. The topological polar surface area (TPSA) is 0 Å². The predicted molar refractivity (Wildman–Crippen MR) is 42.0 cm³/mol. The molecular formula is C8H8Si. The summed E-state index contributed by atoms with van der Waals surface area (Å²) in [4.78, 5) is 0. The van der Waals surface area contributed by atoms with E-state index in [1.54, 1.807) is 0 Å². The van der Waals surface area contributed by atoms with Crippen LogP contribution in [0.2, 0.25) is 0 Å². The minimum atomic E-state index is 0.751. The zero-order chi connectivity index (χ0) is 6.53. The fourth-order valence-electron chi connectivity index (χ4n) is 0.652. The van der Waals surface area contributed by atoms with Gasteiger partial charge in [-0.05, 0) is 0 Å². The van der Waals surface area contributed by atoms with Crippen LogP contribution in [0.4, 0.5) is 0 Å². The smallest absolute Gasteiger partial charge is 0.107 e. The van der Waals surface area contributed by atoms with Crippen molar-refractivity contribution in [3.05, 3.63) is 42.6 Å². The first-order chi connectivity index (χ1) is 4.43. The molecule has 0 spiro atoms. The van der Waals surface area contributed by atoms with Gasteiger partial charge in [0.15, 0.2) is 0 Å². The molecule has 0 saturated carbocycles. The molecule has 0 atom stereocenters. The van der Waals surface area contributed by atoms with Crippen molar-refractivity contribution >= 4 is 14.7 Å². The average Bonchev–Trinajstić information content (AvgIpc) is 1.91. The molecule has 0 aliphatic heterocycles. The Morgan fingerprint density at radius 2 is 1.89 bits per heavy atom. The molecule has 0 saturated heterocycles. The van der Waals surface area contributed by atoms with E-state index in [-0.39, 0.29) is 0 Å². The number of hydrogen-bond donors (Lipinski definition) is 0. The van der Waals surface area contributed by atoms with Gasteiger partial charge in [0.25, 0.3) is 0 Å². The van der Waals surface area contributed by atoms with Gasteiger partial charge in [-0.3, -0.25) is 0 Å². The van der Waals surface area contributed by atoms with Crippen molar-refractivity contribution in [2.75, 3.05) is 0 Å². The molecular weight excluding hydrogens is 124 g/mol. The number of rotatable bonds is 2. The van der Waals surface area contributed by atoms with Gasteiger partial charge >= 0.3 is 0 Å². The van der Waals surface area contributed by atoms with Crippen molar-refractivity contribution in [1.29, 1.82) is 0 Å². The highest BCUT2D eigenvalue weighted by Crippen LogP contribution is 1.80. The summed E-state index contributed by atoms with van der Waals surface area (Å²) >= 11 is 0. The van der Waals surface area contributed by atoms with E-state index in [0.29, 0.717) is 0 Å². The van der Waals surface area contributed by atoms with Crippen LogP contribution in [-0.4, -0.2) is 9.52 Å². The van der Waals surface area contributed by atoms with Gasteiger partial charge in [0.1, 0.15) is 9.52 Å². The summed E-state index contributed by atoms with van der Waals surface area (Å²) in [6.07, 6.45) is 0. The van der Waals surface area contributed by atoms with E-state index >= 15 is 0 Å². The summed E-state index contributed by atoms with van der Waals surface area (Å²) in [6, 6.07) is 10.3. The highest BCUT2D eigenvalue weighted by Gasteiger charge is 1.84. The van der Waals surface area contributed by atoms with Crippen molar-refractivity contribution in [2.24, 2.45) is 0 Å². The number of hydrogen-bond acceptors (Lipinski definition) is 0. The molecule has 0 aromatic heterocycles. The van der Waals surface area contributed by atoms with Gasteiger partial charge in [-0.2, -0.15) is 0 Å². The van der Waals surface area contributed by atoms with Gasteiger partial charge in [0, 0.05) is 0 Å². The zero-order valence-electron chi connectivity index (χ0n) is 5.17. The van der Waals surface area contributed by atoms with Crippen LogP contribution in [0, 0.1) is 0 Å². The van der Waals surface area contributed by atoms with Crippen LogP contribution in [0.3, 0.4) is 0 Å². The molecule has 0 heterocycles. The maximum Gasteiger partial charge on any atom is 0.111 e. The van der Waals surface area contributed by atoms with Crippen LogP contribution in [0.1, 0.15) is 0 Å². The van der Waals surface area contributed by atoms with E-state index < -0.39 is 0 Å². The Morgan fingerprint density at radius 1 is 1.22 bits per heavy atom. The first-order valence-corrected chi connectivity index (χ1v) is 3.93. The standard InChI is InChI=1S/C8H8Si/c1-2-9-8-6-4-3-5-7-8/h2-7H,1H2. The predicted octanol–water partition coefficient (Wildman–Crippen LogP) is 1.16. The molecule has 1 heteroatoms. The Hall–Kier alpha value is -0.823. The van der Waals surface area contributed by atoms with E-state index in [1.165, 1.54) is 5.19 Å². The molecule has 0 nitrogen and oxygen atoms in total. The zero-order valence-corrected chi connectivity index (χ0v) is 6.17. The fourth-order valence-corrected chi connectivity index (χ4v) is 1.27. The first-order valence-electron chi connectivity index (χ1n) is 2.86. The lowest BCUT2D eigenvalue weighted by molar-refractivity contribution is 1.77. The molecule has 0 aliphatic rings. The quantitative estimate of drug-likeness (QED) is 0.530. The highest BCUT2D eigenvalue weighted by atomic mass is 28.2. The maximum absolute atomic E-state index is 3.67. The third kappa shape index (κ3) is 1.86. The van der Waals surface area contributed by atoms with Crippen LogP contribution in [0.5, 0.6) is 0 Å². The molecule has 0 unspecified atom stereocenters. The summed E-state index contributed by atoms with van der Waals surface area (Å²) in [6.45, 7) is 3.67. The lowest BCUT2D eigenvalue weighted by atomic mass is 10.4. The van der Waals surface area contributed by atoms with Crippen molar-refractivity contribution in [3.63, 3.8) is 0 Å². The molecule has 2 radical (unpaired) electrons. The molecule has 9 heavy (non-hydrogen) atoms. The lowest BCUT2D eigenvalue weighted by Gasteiger charge is -1.89. The van der Waals surface area contributed by atoms with Crippen LogP contribution in [-0.2, 0) is 0 Å². The van der Waals surface area contributed by atoms with Gasteiger partial charge < -0.3 is 0 Å². The molecule has 0 bridgehead atoms. The van der Waals surface area contributed by atoms with E-state index in [2.05, 4.69) is 18.7 Å². The van der Waals surface area contributed by atoms with Crippen molar-refractivity contribution in [3.8, 4) is 0 Å². The third-order valence-corrected chi connectivity index (χ3v) is 1.91. The summed E-state index contributed by atoms with van der Waals surface area (Å²) in [5.74, 6) is 0. The van der Waals surface area contributed by atoms with Gasteiger partial charge in [-0.15, -0.1) is 12.3 Å². The normalized spacial score (nSPS) is 8.89. The van der Waals surface area contributed by atoms with Crippen LogP contribution in [0.25, 0.3) is 0 Å². The second-order valence-electron chi connectivity index (χ2n) is 1.71. The van der Waals surface area contributed by atoms with E-state index in [4.69, 9.17) is 0 Å². The molecule has 0 aliphatic carbocycles. The largest absolute Gasteiger partial charge is 0.111 e. The van der Waals surface area contributed by atoms with Crippen LogP contribution in [0.15, 0.2) is 42.6 Å². The minimum Gasteiger partial charge on any atom is -0.107 e. The molecule has 0 N–H and O–H groups in total. The first kappa shape index (κ1) is 6.30. The minimum absolute atomic E-state index is 0.751. The van der Waals surface area contributed by atoms with Gasteiger partial charge in [-0.1, -0.05) is 35.5 Å². The second-order valence-corrected chi connectivity index (χ2v) is 2.99. The Balaban J connectivity index is 2.72. The summed E-state index contributed by atoms with van der Waals surface area (Å²) in [5.41, 5.74) is 1.94. The highest BCUT2D eigenvalue weighted by molar-refractivity contribution is 6.58.